The summed E-state index contributed by atoms with van der Waals surface area (Å²) in [6, 6.07) is 0. The number of nitrogens with zero attached hydrogens (tertiary/aromatic N) is 2. The Bertz CT molecular complexity index is 554. The molecule has 0 spiro atoms. The molecule has 0 radical (unpaired) electrons. The van der Waals surface area contributed by atoms with Crippen LogP contribution in [0.5, 0.6) is 0 Å². The number of ether oxygens (including phenoxy) is 2. The van der Waals surface area contributed by atoms with E-state index in [-0.39, 0.29) is 30.1 Å². The highest BCUT2D eigenvalue weighted by Gasteiger charge is 2.25. The van der Waals surface area contributed by atoms with Crippen LogP contribution >= 0.6 is 24.0 Å². The van der Waals surface area contributed by atoms with Gasteiger partial charge in [-0.2, -0.15) is 0 Å². The van der Waals surface area contributed by atoms with Gasteiger partial charge in [0.05, 0.1) is 5.54 Å². The van der Waals surface area contributed by atoms with Crippen molar-refractivity contribution in [2.75, 3.05) is 33.7 Å². The van der Waals surface area contributed by atoms with Crippen LogP contribution in [-0.2, 0) is 9.47 Å². The molecular weight excluding hydrogens is 489 g/mol. The lowest BCUT2D eigenvalue weighted by Crippen LogP contribution is -2.54. The van der Waals surface area contributed by atoms with Gasteiger partial charge >= 0.3 is 12.2 Å². The monoisotopic (exact) mass is 529 g/mol. The molecule has 0 saturated carbocycles. The number of aliphatic imine (C=N–C) groups is 1. The Kier molecular flexibility index (Phi) is 12.6. The summed E-state index contributed by atoms with van der Waals surface area (Å²) in [5, 5.41) is 9.11. The van der Waals surface area contributed by atoms with Crippen molar-refractivity contribution in [2.24, 2.45) is 4.99 Å². The van der Waals surface area contributed by atoms with E-state index in [1.54, 1.807) is 14.1 Å². The van der Waals surface area contributed by atoms with Crippen LogP contribution in [0.25, 0.3) is 0 Å². The summed E-state index contributed by atoms with van der Waals surface area (Å²) in [6.07, 6.45) is -0.846. The molecule has 0 unspecified atom stereocenters. The Morgan fingerprint density at radius 3 is 1.90 bits per heavy atom. The third-order valence-electron chi connectivity index (χ3n) is 3.21. The van der Waals surface area contributed by atoms with E-state index in [9.17, 15) is 9.59 Å². The molecule has 0 bridgehead atoms. The average Bonchev–Trinajstić information content (AvgIpc) is 2.45. The maximum absolute atomic E-state index is 11.9. The van der Waals surface area contributed by atoms with Gasteiger partial charge in [-0.3, -0.25) is 4.99 Å². The molecule has 0 rings (SSSR count). The molecule has 10 heteroatoms. The summed E-state index contributed by atoms with van der Waals surface area (Å²) < 4.78 is 10.6. The van der Waals surface area contributed by atoms with Gasteiger partial charge in [-0.15, -0.1) is 24.0 Å². The van der Waals surface area contributed by atoms with Crippen molar-refractivity contribution in [3.63, 3.8) is 0 Å². The standard InChI is InChI=1S/C19H39N5O4.HI/c1-17(2,3)27-15(25)23-19(7,8)13-22-14(20-9)21-11-12-24(10)16(26)28-18(4,5)6;/h11-13H2,1-10H3,(H,23,25)(H2,20,21,22);1H. The van der Waals surface area contributed by atoms with Crippen molar-refractivity contribution in [1.82, 2.24) is 20.9 Å². The zero-order valence-electron chi connectivity index (χ0n) is 19.6. The molecule has 0 aliphatic rings. The Morgan fingerprint density at radius 2 is 1.45 bits per heavy atom. The molecule has 0 aromatic carbocycles. The van der Waals surface area contributed by atoms with Crippen molar-refractivity contribution < 1.29 is 19.1 Å². The maximum Gasteiger partial charge on any atom is 0.410 e. The number of carbonyl (C=O) groups is 2. The highest BCUT2D eigenvalue weighted by atomic mass is 127. The fourth-order valence-corrected chi connectivity index (χ4v) is 1.92. The number of amides is 2. The first-order valence-electron chi connectivity index (χ1n) is 9.44. The fourth-order valence-electron chi connectivity index (χ4n) is 1.92. The molecule has 0 aliphatic heterocycles. The summed E-state index contributed by atoms with van der Waals surface area (Å²) in [5.41, 5.74) is -1.62. The zero-order valence-corrected chi connectivity index (χ0v) is 21.9. The number of alkyl carbamates (subject to hydrolysis) is 1. The van der Waals surface area contributed by atoms with E-state index in [1.165, 1.54) is 4.90 Å². The van der Waals surface area contributed by atoms with E-state index in [4.69, 9.17) is 9.47 Å². The minimum atomic E-state index is -0.550. The van der Waals surface area contributed by atoms with Gasteiger partial charge in [-0.05, 0) is 55.4 Å². The van der Waals surface area contributed by atoms with Crippen LogP contribution in [0, 0.1) is 0 Å². The van der Waals surface area contributed by atoms with E-state index in [1.807, 2.05) is 55.4 Å². The largest absolute Gasteiger partial charge is 0.444 e. The number of hydrogen-bond donors (Lipinski definition) is 3. The van der Waals surface area contributed by atoms with Crippen LogP contribution < -0.4 is 16.0 Å². The minimum Gasteiger partial charge on any atom is -0.444 e. The molecule has 0 heterocycles. The predicted octanol–water partition coefficient (Wildman–Crippen LogP) is 2.94. The molecule has 0 atom stereocenters. The Balaban J connectivity index is 0. The van der Waals surface area contributed by atoms with Crippen molar-refractivity contribution >= 4 is 42.1 Å². The summed E-state index contributed by atoms with van der Waals surface area (Å²) in [7, 11) is 3.33. The first-order valence-corrected chi connectivity index (χ1v) is 9.44. The lowest BCUT2D eigenvalue weighted by molar-refractivity contribution is 0.0301. The Labute approximate surface area is 192 Å². The van der Waals surface area contributed by atoms with Crippen LogP contribution in [-0.4, -0.2) is 73.5 Å². The van der Waals surface area contributed by atoms with E-state index in [0.717, 1.165) is 0 Å². The number of likely N-dealkylation sites (N-methyl/N-ethyl adjacent to an activating group) is 1. The lowest BCUT2D eigenvalue weighted by atomic mass is 10.1. The van der Waals surface area contributed by atoms with Crippen LogP contribution in [0.4, 0.5) is 9.59 Å². The number of nitrogens with one attached hydrogen (secondary N) is 3. The summed E-state index contributed by atoms with van der Waals surface area (Å²) in [4.78, 5) is 29.5. The maximum atomic E-state index is 11.9. The molecule has 0 aliphatic carbocycles. The number of guanidine groups is 1. The van der Waals surface area contributed by atoms with E-state index >= 15 is 0 Å². The van der Waals surface area contributed by atoms with Gasteiger partial charge in [0.2, 0.25) is 0 Å². The Hall–Kier alpha value is -1.46. The minimum absolute atomic E-state index is 0. The molecular formula is C19H40IN5O4. The number of halogens is 1. The first kappa shape index (κ1) is 29.7. The van der Waals surface area contributed by atoms with Gasteiger partial charge < -0.3 is 30.3 Å². The smallest absolute Gasteiger partial charge is 0.410 e. The highest BCUT2D eigenvalue weighted by molar-refractivity contribution is 14.0. The molecule has 3 N–H and O–H groups in total. The molecule has 29 heavy (non-hydrogen) atoms. The number of carbonyl (C=O) groups excluding carboxylic acids is 2. The second kappa shape index (κ2) is 12.3. The quantitative estimate of drug-likeness (QED) is 0.278. The normalized spacial score (nSPS) is 12.4. The molecule has 0 saturated heterocycles. The van der Waals surface area contributed by atoms with Crippen LogP contribution in [0.3, 0.4) is 0 Å². The van der Waals surface area contributed by atoms with Gasteiger partial charge in [-0.1, -0.05) is 0 Å². The van der Waals surface area contributed by atoms with E-state index < -0.39 is 22.8 Å². The second-order valence-electron chi connectivity index (χ2n) is 9.27. The summed E-state index contributed by atoms with van der Waals surface area (Å²) in [5.74, 6) is 0.566. The second-order valence-corrected chi connectivity index (χ2v) is 9.27. The molecule has 172 valence electrons. The predicted molar refractivity (Wildman–Crippen MR) is 127 cm³/mol. The summed E-state index contributed by atoms with van der Waals surface area (Å²) in [6.45, 7) is 16.1. The number of rotatable bonds is 6. The van der Waals surface area contributed by atoms with Crippen molar-refractivity contribution in [3.05, 3.63) is 0 Å². The number of hydrogen-bond acceptors (Lipinski definition) is 5. The van der Waals surface area contributed by atoms with Crippen LogP contribution in [0.1, 0.15) is 55.4 Å². The van der Waals surface area contributed by atoms with Crippen molar-refractivity contribution in [3.8, 4) is 0 Å². The first-order chi connectivity index (χ1) is 12.5. The molecule has 9 nitrogen and oxygen atoms in total. The third-order valence-corrected chi connectivity index (χ3v) is 3.21. The van der Waals surface area contributed by atoms with Crippen LogP contribution in [0.2, 0.25) is 0 Å². The van der Waals surface area contributed by atoms with Gasteiger partial charge in [0.1, 0.15) is 11.2 Å². The molecule has 0 aromatic heterocycles. The van der Waals surface area contributed by atoms with Gasteiger partial charge in [0, 0.05) is 33.7 Å². The molecule has 0 fully saturated rings. The summed E-state index contributed by atoms with van der Waals surface area (Å²) >= 11 is 0. The van der Waals surface area contributed by atoms with Gasteiger partial charge in [0.15, 0.2) is 5.96 Å². The average molecular weight is 529 g/mol. The van der Waals surface area contributed by atoms with Crippen molar-refractivity contribution in [2.45, 2.75) is 72.1 Å². The third kappa shape index (κ3) is 16.1. The van der Waals surface area contributed by atoms with E-state index in [2.05, 4.69) is 20.9 Å². The molecule has 2 amide bonds. The van der Waals surface area contributed by atoms with Gasteiger partial charge in [-0.25, -0.2) is 9.59 Å². The fraction of sp³-hybridized carbons (Fsp3) is 0.842. The Morgan fingerprint density at radius 1 is 0.931 bits per heavy atom. The van der Waals surface area contributed by atoms with Crippen LogP contribution in [0.15, 0.2) is 4.99 Å². The molecule has 0 aromatic rings. The topological polar surface area (TPSA) is 104 Å². The SMILES string of the molecule is CN=C(NCCN(C)C(=O)OC(C)(C)C)NCC(C)(C)NC(=O)OC(C)(C)C.I. The van der Waals surface area contributed by atoms with Crippen molar-refractivity contribution in [1.29, 1.82) is 0 Å². The van der Waals surface area contributed by atoms with E-state index in [0.29, 0.717) is 25.6 Å². The highest BCUT2D eigenvalue weighted by Crippen LogP contribution is 2.09. The van der Waals surface area contributed by atoms with Gasteiger partial charge in [0.25, 0.3) is 0 Å². The zero-order chi connectivity index (χ0) is 22.2. The lowest BCUT2D eigenvalue weighted by Gasteiger charge is -2.29.